The van der Waals surface area contributed by atoms with Crippen LogP contribution in [0.25, 0.3) is 17.0 Å². The molecule has 3 heterocycles. The van der Waals surface area contributed by atoms with Crippen molar-refractivity contribution in [2.45, 2.75) is 13.8 Å². The first-order chi connectivity index (χ1) is 8.65. The SMILES string of the molecule is Cc1ccc(-c2nnc3ccc(N)cn23)c(C)n1. The molecular formula is C13H13N5. The van der Waals surface area contributed by atoms with Crippen molar-refractivity contribution in [1.29, 1.82) is 0 Å². The average Bonchev–Trinajstić information content (AvgIpc) is 2.72. The van der Waals surface area contributed by atoms with Gasteiger partial charge in [0.1, 0.15) is 0 Å². The molecule has 18 heavy (non-hydrogen) atoms. The van der Waals surface area contributed by atoms with E-state index in [1.165, 1.54) is 0 Å². The van der Waals surface area contributed by atoms with Crippen molar-refractivity contribution < 1.29 is 0 Å². The maximum Gasteiger partial charge on any atom is 0.170 e. The number of nitrogens with two attached hydrogens (primary N) is 1. The molecule has 5 nitrogen and oxygen atoms in total. The second-order valence-electron chi connectivity index (χ2n) is 4.30. The van der Waals surface area contributed by atoms with Gasteiger partial charge in [-0.25, -0.2) is 0 Å². The van der Waals surface area contributed by atoms with E-state index in [0.29, 0.717) is 5.69 Å². The van der Waals surface area contributed by atoms with Gasteiger partial charge in [-0.05, 0) is 38.1 Å². The van der Waals surface area contributed by atoms with E-state index in [9.17, 15) is 0 Å². The van der Waals surface area contributed by atoms with Crippen LogP contribution in [0.5, 0.6) is 0 Å². The van der Waals surface area contributed by atoms with Crippen molar-refractivity contribution in [3.05, 3.63) is 41.9 Å². The number of fused-ring (bicyclic) bond motifs is 1. The van der Waals surface area contributed by atoms with E-state index in [-0.39, 0.29) is 0 Å². The zero-order valence-corrected chi connectivity index (χ0v) is 10.3. The van der Waals surface area contributed by atoms with Crippen LogP contribution in [0.2, 0.25) is 0 Å². The van der Waals surface area contributed by atoms with Gasteiger partial charge in [0.25, 0.3) is 0 Å². The molecule has 0 aromatic carbocycles. The lowest BCUT2D eigenvalue weighted by Crippen LogP contribution is -1.96. The zero-order chi connectivity index (χ0) is 12.7. The number of hydrogen-bond donors (Lipinski definition) is 1. The van der Waals surface area contributed by atoms with Gasteiger partial charge >= 0.3 is 0 Å². The van der Waals surface area contributed by atoms with E-state index < -0.39 is 0 Å². The molecule has 0 saturated carbocycles. The lowest BCUT2D eigenvalue weighted by molar-refractivity contribution is 1.07. The summed E-state index contributed by atoms with van der Waals surface area (Å²) in [6.45, 7) is 3.94. The minimum absolute atomic E-state index is 0.682. The molecule has 0 saturated heterocycles. The van der Waals surface area contributed by atoms with E-state index >= 15 is 0 Å². The normalized spacial score (nSPS) is 11.0. The topological polar surface area (TPSA) is 69.1 Å². The molecule has 0 radical (unpaired) electrons. The number of rotatable bonds is 1. The molecule has 0 bridgehead atoms. The fourth-order valence-corrected chi connectivity index (χ4v) is 2.01. The highest BCUT2D eigenvalue weighted by Gasteiger charge is 2.11. The predicted octanol–water partition coefficient (Wildman–Crippen LogP) is 1.99. The quantitative estimate of drug-likeness (QED) is 0.705. The third-order valence-corrected chi connectivity index (χ3v) is 2.89. The number of nitrogens with zero attached hydrogens (tertiary/aromatic N) is 4. The van der Waals surface area contributed by atoms with E-state index in [1.54, 1.807) is 0 Å². The van der Waals surface area contributed by atoms with Crippen LogP contribution in [0.3, 0.4) is 0 Å². The Labute approximate surface area is 104 Å². The maximum absolute atomic E-state index is 5.80. The molecule has 0 atom stereocenters. The molecule has 0 spiro atoms. The van der Waals surface area contributed by atoms with E-state index in [1.807, 2.05) is 48.7 Å². The van der Waals surface area contributed by atoms with Crippen molar-refractivity contribution in [3.8, 4) is 11.4 Å². The number of nitrogen functional groups attached to an aromatic ring is 1. The van der Waals surface area contributed by atoms with Crippen LogP contribution >= 0.6 is 0 Å². The fraction of sp³-hybridized carbons (Fsp3) is 0.154. The third-order valence-electron chi connectivity index (χ3n) is 2.89. The van der Waals surface area contributed by atoms with Crippen molar-refractivity contribution in [2.24, 2.45) is 0 Å². The summed E-state index contributed by atoms with van der Waals surface area (Å²) in [5.74, 6) is 0.766. The Morgan fingerprint density at radius 3 is 2.67 bits per heavy atom. The van der Waals surface area contributed by atoms with Crippen molar-refractivity contribution in [2.75, 3.05) is 5.73 Å². The molecule has 0 aliphatic heterocycles. The Balaban J connectivity index is 2.28. The molecular weight excluding hydrogens is 226 g/mol. The molecule has 2 N–H and O–H groups in total. The van der Waals surface area contributed by atoms with Gasteiger partial charge in [0, 0.05) is 28.8 Å². The number of aryl methyl sites for hydroxylation is 2. The Morgan fingerprint density at radius 1 is 1.06 bits per heavy atom. The molecule has 5 heteroatoms. The van der Waals surface area contributed by atoms with Crippen LogP contribution in [0, 0.1) is 13.8 Å². The highest BCUT2D eigenvalue weighted by molar-refractivity contribution is 5.63. The van der Waals surface area contributed by atoms with Gasteiger partial charge in [-0.2, -0.15) is 0 Å². The molecule has 3 aromatic heterocycles. The first kappa shape index (κ1) is 10.7. The van der Waals surface area contributed by atoms with Crippen LogP contribution < -0.4 is 5.73 Å². The van der Waals surface area contributed by atoms with Crippen molar-refractivity contribution in [3.63, 3.8) is 0 Å². The van der Waals surface area contributed by atoms with Crippen LogP contribution in [-0.4, -0.2) is 19.6 Å². The lowest BCUT2D eigenvalue weighted by atomic mass is 10.2. The van der Waals surface area contributed by atoms with Crippen molar-refractivity contribution in [1.82, 2.24) is 19.6 Å². The smallest absolute Gasteiger partial charge is 0.170 e. The summed E-state index contributed by atoms with van der Waals surface area (Å²) < 4.78 is 1.88. The average molecular weight is 239 g/mol. The number of anilines is 1. The summed E-state index contributed by atoms with van der Waals surface area (Å²) in [6, 6.07) is 7.64. The number of hydrogen-bond acceptors (Lipinski definition) is 4. The number of pyridine rings is 2. The Hall–Kier alpha value is -2.43. The van der Waals surface area contributed by atoms with Crippen LogP contribution in [0.15, 0.2) is 30.5 Å². The molecule has 0 aliphatic carbocycles. The van der Waals surface area contributed by atoms with Gasteiger partial charge in [0.2, 0.25) is 0 Å². The first-order valence-electron chi connectivity index (χ1n) is 5.70. The highest BCUT2D eigenvalue weighted by atomic mass is 15.2. The molecule has 0 aliphatic rings. The minimum Gasteiger partial charge on any atom is -0.398 e. The second kappa shape index (κ2) is 3.80. The minimum atomic E-state index is 0.682. The van der Waals surface area contributed by atoms with Gasteiger partial charge in [-0.15, -0.1) is 10.2 Å². The third kappa shape index (κ3) is 1.60. The summed E-state index contributed by atoms with van der Waals surface area (Å²) in [5, 5.41) is 8.34. The summed E-state index contributed by atoms with van der Waals surface area (Å²) in [6.07, 6.45) is 1.82. The molecule has 90 valence electrons. The largest absolute Gasteiger partial charge is 0.398 e. The van der Waals surface area contributed by atoms with Crippen LogP contribution in [0.1, 0.15) is 11.4 Å². The Bertz CT molecular complexity index is 729. The predicted molar refractivity (Wildman–Crippen MR) is 70.1 cm³/mol. The van der Waals surface area contributed by atoms with Crippen molar-refractivity contribution >= 4 is 11.3 Å². The van der Waals surface area contributed by atoms with Gasteiger partial charge in [0.05, 0.1) is 0 Å². The van der Waals surface area contributed by atoms with Gasteiger partial charge in [-0.3, -0.25) is 9.38 Å². The maximum atomic E-state index is 5.80. The summed E-state index contributed by atoms with van der Waals surface area (Å²) in [4.78, 5) is 4.45. The molecule has 3 aromatic rings. The Morgan fingerprint density at radius 2 is 1.89 bits per heavy atom. The standard InChI is InChI=1S/C13H13N5/c1-8-3-5-11(9(2)15-8)13-17-16-12-6-4-10(14)7-18(12)13/h3-7H,14H2,1-2H3. The summed E-state index contributed by atoms with van der Waals surface area (Å²) in [7, 11) is 0. The van der Waals surface area contributed by atoms with Gasteiger partial charge < -0.3 is 5.73 Å². The zero-order valence-electron chi connectivity index (χ0n) is 10.3. The summed E-state index contributed by atoms with van der Waals surface area (Å²) in [5.41, 5.74) is 10.2. The Kier molecular flexibility index (Phi) is 2.26. The van der Waals surface area contributed by atoms with E-state index in [0.717, 1.165) is 28.4 Å². The highest BCUT2D eigenvalue weighted by Crippen LogP contribution is 2.22. The van der Waals surface area contributed by atoms with Crippen LogP contribution in [-0.2, 0) is 0 Å². The monoisotopic (exact) mass is 239 g/mol. The van der Waals surface area contributed by atoms with Gasteiger partial charge in [0.15, 0.2) is 11.5 Å². The first-order valence-corrected chi connectivity index (χ1v) is 5.70. The molecule has 0 fully saturated rings. The van der Waals surface area contributed by atoms with E-state index in [2.05, 4.69) is 15.2 Å². The summed E-state index contributed by atoms with van der Waals surface area (Å²) >= 11 is 0. The lowest BCUT2D eigenvalue weighted by Gasteiger charge is -2.04. The molecule has 0 unspecified atom stereocenters. The van der Waals surface area contributed by atoms with Crippen LogP contribution in [0.4, 0.5) is 5.69 Å². The van der Waals surface area contributed by atoms with Gasteiger partial charge in [-0.1, -0.05) is 0 Å². The molecule has 0 amide bonds. The molecule has 3 rings (SSSR count). The number of aromatic nitrogens is 4. The fourth-order valence-electron chi connectivity index (χ4n) is 2.01. The second-order valence-corrected chi connectivity index (χ2v) is 4.30. The van der Waals surface area contributed by atoms with E-state index in [4.69, 9.17) is 5.73 Å².